The van der Waals surface area contributed by atoms with Crippen molar-refractivity contribution in [2.75, 3.05) is 18.0 Å². The Morgan fingerprint density at radius 3 is 2.67 bits per heavy atom. The molecule has 1 fully saturated rings. The number of amides is 1. The van der Waals surface area contributed by atoms with Crippen LogP contribution in [0, 0.1) is 11.7 Å². The van der Waals surface area contributed by atoms with Crippen molar-refractivity contribution >= 4 is 11.6 Å². The molecule has 6 heteroatoms. The summed E-state index contributed by atoms with van der Waals surface area (Å²) in [6.45, 7) is 4.24. The van der Waals surface area contributed by atoms with Gasteiger partial charge < -0.3 is 10.2 Å². The zero-order valence-corrected chi connectivity index (χ0v) is 13.9. The van der Waals surface area contributed by atoms with Gasteiger partial charge in [-0.3, -0.25) is 9.48 Å². The Bertz CT molecular complexity index is 648. The topological polar surface area (TPSA) is 50.2 Å². The molecule has 5 nitrogen and oxygen atoms in total. The largest absolute Gasteiger partial charge is 0.371 e. The fourth-order valence-electron chi connectivity index (χ4n) is 3.05. The van der Waals surface area contributed by atoms with Crippen LogP contribution >= 0.6 is 0 Å². The van der Waals surface area contributed by atoms with Gasteiger partial charge in [0.2, 0.25) is 5.91 Å². The van der Waals surface area contributed by atoms with E-state index >= 15 is 0 Å². The highest BCUT2D eigenvalue weighted by atomic mass is 19.1. The summed E-state index contributed by atoms with van der Waals surface area (Å²) in [4.78, 5) is 14.6. The highest BCUT2D eigenvalue weighted by Crippen LogP contribution is 2.20. The zero-order chi connectivity index (χ0) is 16.9. The van der Waals surface area contributed by atoms with Crippen molar-refractivity contribution in [1.82, 2.24) is 15.1 Å². The molecule has 0 aliphatic carbocycles. The third-order valence-corrected chi connectivity index (χ3v) is 4.50. The minimum absolute atomic E-state index is 0.0748. The number of rotatable bonds is 5. The maximum Gasteiger partial charge on any atom is 0.224 e. The maximum absolute atomic E-state index is 13.0. The van der Waals surface area contributed by atoms with Gasteiger partial charge >= 0.3 is 0 Å². The van der Waals surface area contributed by atoms with E-state index in [-0.39, 0.29) is 23.7 Å². The summed E-state index contributed by atoms with van der Waals surface area (Å²) in [6.07, 6.45) is 5.38. The molecule has 2 aromatic rings. The minimum atomic E-state index is -0.216. The lowest BCUT2D eigenvalue weighted by Crippen LogP contribution is -2.46. The van der Waals surface area contributed by atoms with Crippen LogP contribution in [-0.2, 0) is 11.3 Å². The van der Waals surface area contributed by atoms with E-state index in [1.165, 1.54) is 12.1 Å². The smallest absolute Gasteiger partial charge is 0.224 e. The van der Waals surface area contributed by atoms with Gasteiger partial charge in [-0.1, -0.05) is 6.92 Å². The molecular formula is C18H23FN4O. The van der Waals surface area contributed by atoms with Crippen LogP contribution in [0.4, 0.5) is 10.1 Å². The van der Waals surface area contributed by atoms with E-state index in [2.05, 4.69) is 15.3 Å². The highest BCUT2D eigenvalue weighted by Gasteiger charge is 2.23. The predicted molar refractivity (Wildman–Crippen MR) is 91.2 cm³/mol. The van der Waals surface area contributed by atoms with Gasteiger partial charge in [0.05, 0.1) is 12.5 Å². The number of anilines is 1. The number of nitrogens with zero attached hydrogens (tertiary/aromatic N) is 3. The van der Waals surface area contributed by atoms with Crippen molar-refractivity contribution in [3.05, 3.63) is 48.5 Å². The molecular weight excluding hydrogens is 307 g/mol. The summed E-state index contributed by atoms with van der Waals surface area (Å²) in [5.41, 5.74) is 1.04. The predicted octanol–water partition coefficient (Wildman–Crippen LogP) is 2.44. The monoisotopic (exact) mass is 330 g/mol. The van der Waals surface area contributed by atoms with E-state index in [0.717, 1.165) is 31.6 Å². The van der Waals surface area contributed by atoms with Gasteiger partial charge in [-0.05, 0) is 43.2 Å². The van der Waals surface area contributed by atoms with Gasteiger partial charge in [0, 0.05) is 37.2 Å². The molecule has 1 aliphatic rings. The molecule has 1 aromatic heterocycles. The normalized spacial score (nSPS) is 16.8. The molecule has 128 valence electrons. The Morgan fingerprint density at radius 1 is 1.33 bits per heavy atom. The van der Waals surface area contributed by atoms with Crippen LogP contribution in [0.25, 0.3) is 0 Å². The van der Waals surface area contributed by atoms with Gasteiger partial charge in [-0.15, -0.1) is 0 Å². The lowest BCUT2D eigenvalue weighted by molar-refractivity contribution is -0.125. The second-order valence-corrected chi connectivity index (χ2v) is 6.38. The number of benzene rings is 1. The molecule has 3 rings (SSSR count). The summed E-state index contributed by atoms with van der Waals surface area (Å²) < 4.78 is 14.8. The second kappa shape index (κ2) is 7.47. The average Bonchev–Trinajstić information content (AvgIpc) is 3.09. The van der Waals surface area contributed by atoms with Crippen LogP contribution < -0.4 is 10.2 Å². The van der Waals surface area contributed by atoms with Gasteiger partial charge in [-0.25, -0.2) is 4.39 Å². The molecule has 0 radical (unpaired) electrons. The van der Waals surface area contributed by atoms with Crippen molar-refractivity contribution < 1.29 is 9.18 Å². The molecule has 1 aliphatic heterocycles. The SMILES string of the molecule is CC(Cn1cccn1)C(=O)NC1CCN(c2ccc(F)cc2)CC1. The third-order valence-electron chi connectivity index (χ3n) is 4.50. The molecule has 24 heavy (non-hydrogen) atoms. The molecule has 1 unspecified atom stereocenters. The number of carbonyl (C=O) groups excluding carboxylic acids is 1. The highest BCUT2D eigenvalue weighted by molar-refractivity contribution is 5.78. The standard InChI is InChI=1S/C18H23FN4O/c1-14(13-23-10-2-9-20-23)18(24)21-16-7-11-22(12-8-16)17-5-3-15(19)4-6-17/h2-6,9-10,14,16H,7-8,11-13H2,1H3,(H,21,24). The van der Waals surface area contributed by atoms with E-state index in [1.54, 1.807) is 23.0 Å². The molecule has 1 saturated heterocycles. The Balaban J connectivity index is 1.46. The summed E-state index contributed by atoms with van der Waals surface area (Å²) in [6, 6.07) is 8.64. The fourth-order valence-corrected chi connectivity index (χ4v) is 3.05. The molecule has 1 amide bonds. The number of hydrogen-bond acceptors (Lipinski definition) is 3. The first kappa shape index (κ1) is 16.5. The summed E-state index contributed by atoms with van der Waals surface area (Å²) in [7, 11) is 0. The van der Waals surface area contributed by atoms with Gasteiger partial charge in [0.25, 0.3) is 0 Å². The van der Waals surface area contributed by atoms with E-state index in [9.17, 15) is 9.18 Å². The Kier molecular flexibility index (Phi) is 5.13. The van der Waals surface area contributed by atoms with E-state index < -0.39 is 0 Å². The number of hydrogen-bond donors (Lipinski definition) is 1. The lowest BCUT2D eigenvalue weighted by Gasteiger charge is -2.34. The van der Waals surface area contributed by atoms with E-state index in [4.69, 9.17) is 0 Å². The van der Waals surface area contributed by atoms with Gasteiger partial charge in [-0.2, -0.15) is 5.10 Å². The summed E-state index contributed by atoms with van der Waals surface area (Å²) >= 11 is 0. The molecule has 1 atom stereocenters. The molecule has 0 saturated carbocycles. The van der Waals surface area contributed by atoms with Crippen LogP contribution in [0.3, 0.4) is 0 Å². The summed E-state index contributed by atoms with van der Waals surface area (Å²) in [5.74, 6) is -0.252. The number of carbonyl (C=O) groups is 1. The van der Waals surface area contributed by atoms with Gasteiger partial charge in [0.15, 0.2) is 0 Å². The Hall–Kier alpha value is -2.37. The Labute approximate surface area is 141 Å². The fraction of sp³-hybridized carbons (Fsp3) is 0.444. The maximum atomic E-state index is 13.0. The minimum Gasteiger partial charge on any atom is -0.371 e. The number of nitrogens with one attached hydrogen (secondary N) is 1. The zero-order valence-electron chi connectivity index (χ0n) is 13.9. The van der Waals surface area contributed by atoms with Crippen LogP contribution in [0.2, 0.25) is 0 Å². The third kappa shape index (κ3) is 4.13. The quantitative estimate of drug-likeness (QED) is 0.916. The van der Waals surface area contributed by atoms with Crippen molar-refractivity contribution in [3.8, 4) is 0 Å². The second-order valence-electron chi connectivity index (χ2n) is 6.38. The van der Waals surface area contributed by atoms with Crippen LogP contribution in [-0.4, -0.2) is 34.8 Å². The van der Waals surface area contributed by atoms with Crippen LogP contribution in [0.1, 0.15) is 19.8 Å². The van der Waals surface area contributed by atoms with Gasteiger partial charge in [0.1, 0.15) is 5.82 Å². The number of aromatic nitrogens is 2. The molecule has 1 aromatic carbocycles. The first-order chi connectivity index (χ1) is 11.6. The van der Waals surface area contributed by atoms with E-state index in [0.29, 0.717) is 6.54 Å². The van der Waals surface area contributed by atoms with Crippen LogP contribution in [0.15, 0.2) is 42.7 Å². The van der Waals surface area contributed by atoms with Crippen molar-refractivity contribution in [2.24, 2.45) is 5.92 Å². The summed E-state index contributed by atoms with van der Waals surface area (Å²) in [5, 5.41) is 7.28. The average molecular weight is 330 g/mol. The van der Waals surface area contributed by atoms with E-state index in [1.807, 2.05) is 19.2 Å². The number of piperidine rings is 1. The lowest BCUT2D eigenvalue weighted by atomic mass is 10.0. The Morgan fingerprint density at radius 2 is 2.04 bits per heavy atom. The molecule has 2 heterocycles. The van der Waals surface area contributed by atoms with Crippen molar-refractivity contribution in [1.29, 1.82) is 0 Å². The first-order valence-electron chi connectivity index (χ1n) is 8.40. The van der Waals surface area contributed by atoms with Crippen molar-refractivity contribution in [3.63, 3.8) is 0 Å². The first-order valence-corrected chi connectivity index (χ1v) is 8.40. The van der Waals surface area contributed by atoms with Crippen LogP contribution in [0.5, 0.6) is 0 Å². The molecule has 0 bridgehead atoms. The molecule has 0 spiro atoms. The van der Waals surface area contributed by atoms with Crippen molar-refractivity contribution in [2.45, 2.75) is 32.4 Å². The molecule has 1 N–H and O–H groups in total. The number of halogens is 1.